The van der Waals surface area contributed by atoms with Gasteiger partial charge in [0.1, 0.15) is 5.69 Å². The van der Waals surface area contributed by atoms with Crippen molar-refractivity contribution in [3.63, 3.8) is 0 Å². The predicted molar refractivity (Wildman–Crippen MR) is 80.0 cm³/mol. The van der Waals surface area contributed by atoms with E-state index in [0.29, 0.717) is 5.69 Å². The van der Waals surface area contributed by atoms with E-state index in [1.54, 1.807) is 12.3 Å². The minimum absolute atomic E-state index is 0.157. The molecule has 1 amide bonds. The Bertz CT molecular complexity index is 756. The van der Waals surface area contributed by atoms with Gasteiger partial charge in [-0.25, -0.2) is 0 Å². The molecule has 100 valence electrons. The first-order valence-electron chi connectivity index (χ1n) is 6.46. The predicted octanol–water partition coefficient (Wildman–Crippen LogP) is 3.43. The molecule has 0 aliphatic carbocycles. The highest BCUT2D eigenvalue weighted by molar-refractivity contribution is 6.05. The van der Waals surface area contributed by atoms with E-state index in [2.05, 4.69) is 15.3 Å². The van der Waals surface area contributed by atoms with Gasteiger partial charge in [-0.05, 0) is 43.7 Å². The summed E-state index contributed by atoms with van der Waals surface area (Å²) < 4.78 is 0. The molecule has 2 heterocycles. The lowest BCUT2D eigenvalue weighted by Crippen LogP contribution is -2.13. The van der Waals surface area contributed by atoms with Gasteiger partial charge in [-0.3, -0.25) is 9.78 Å². The van der Waals surface area contributed by atoms with E-state index < -0.39 is 0 Å². The Balaban J connectivity index is 1.89. The number of benzene rings is 1. The highest BCUT2D eigenvalue weighted by Gasteiger charge is 2.11. The second-order valence-electron chi connectivity index (χ2n) is 4.89. The fraction of sp³-hybridized carbons (Fsp3) is 0.125. The van der Waals surface area contributed by atoms with Crippen LogP contribution in [0.5, 0.6) is 0 Å². The topological polar surface area (TPSA) is 57.8 Å². The third-order valence-corrected chi connectivity index (χ3v) is 3.26. The van der Waals surface area contributed by atoms with Crippen molar-refractivity contribution >= 4 is 22.6 Å². The van der Waals surface area contributed by atoms with Gasteiger partial charge in [0.05, 0.1) is 11.0 Å². The molecule has 0 saturated carbocycles. The Morgan fingerprint density at radius 1 is 1.20 bits per heavy atom. The molecular formula is C16H15N3O. The lowest BCUT2D eigenvalue weighted by Gasteiger charge is -2.08. The highest BCUT2D eigenvalue weighted by Crippen LogP contribution is 2.18. The van der Waals surface area contributed by atoms with Crippen molar-refractivity contribution in [3.8, 4) is 0 Å². The summed E-state index contributed by atoms with van der Waals surface area (Å²) in [7, 11) is 0. The molecule has 2 N–H and O–H groups in total. The monoisotopic (exact) mass is 265 g/mol. The van der Waals surface area contributed by atoms with Crippen LogP contribution >= 0.6 is 0 Å². The first-order chi connectivity index (χ1) is 9.63. The molecule has 3 rings (SSSR count). The molecule has 0 aliphatic rings. The third kappa shape index (κ3) is 2.28. The summed E-state index contributed by atoms with van der Waals surface area (Å²) >= 11 is 0. The Labute approximate surface area is 116 Å². The van der Waals surface area contributed by atoms with Crippen LogP contribution in [0.25, 0.3) is 11.0 Å². The number of aromatic nitrogens is 2. The summed E-state index contributed by atoms with van der Waals surface area (Å²) in [6.07, 6.45) is 1.71. The number of aryl methyl sites for hydroxylation is 2. The van der Waals surface area contributed by atoms with Crippen LogP contribution in [-0.2, 0) is 0 Å². The molecular weight excluding hydrogens is 250 g/mol. The lowest BCUT2D eigenvalue weighted by molar-refractivity contribution is 0.102. The summed E-state index contributed by atoms with van der Waals surface area (Å²) in [6, 6.07) is 11.4. The minimum Gasteiger partial charge on any atom is -0.349 e. The Hall–Kier alpha value is -2.62. The molecule has 0 atom stereocenters. The van der Waals surface area contributed by atoms with Gasteiger partial charge in [0, 0.05) is 11.9 Å². The number of hydrogen-bond donors (Lipinski definition) is 2. The number of carbonyl (C=O) groups is 1. The molecule has 1 aromatic carbocycles. The van der Waals surface area contributed by atoms with Crippen LogP contribution in [0.2, 0.25) is 0 Å². The Morgan fingerprint density at radius 2 is 2.05 bits per heavy atom. The van der Waals surface area contributed by atoms with Crippen molar-refractivity contribution in [2.75, 3.05) is 5.32 Å². The van der Waals surface area contributed by atoms with Gasteiger partial charge < -0.3 is 10.3 Å². The van der Waals surface area contributed by atoms with E-state index in [0.717, 1.165) is 22.3 Å². The van der Waals surface area contributed by atoms with Crippen molar-refractivity contribution in [2.45, 2.75) is 13.8 Å². The first-order valence-corrected chi connectivity index (χ1v) is 6.46. The van der Waals surface area contributed by atoms with E-state index in [1.165, 1.54) is 5.56 Å². The number of pyridine rings is 1. The highest BCUT2D eigenvalue weighted by atomic mass is 16.1. The average molecular weight is 265 g/mol. The maximum atomic E-state index is 12.3. The second-order valence-corrected chi connectivity index (χ2v) is 4.89. The van der Waals surface area contributed by atoms with Crippen molar-refractivity contribution in [1.82, 2.24) is 9.97 Å². The largest absolute Gasteiger partial charge is 0.349 e. The average Bonchev–Trinajstić information content (AvgIpc) is 2.86. The number of rotatable bonds is 2. The van der Waals surface area contributed by atoms with Crippen LogP contribution in [0.15, 0.2) is 42.6 Å². The molecule has 0 aliphatic heterocycles. The van der Waals surface area contributed by atoms with Crippen LogP contribution in [0.4, 0.5) is 5.69 Å². The van der Waals surface area contributed by atoms with Crippen molar-refractivity contribution in [3.05, 3.63) is 59.4 Å². The molecule has 0 bridgehead atoms. The number of amides is 1. The lowest BCUT2D eigenvalue weighted by atomic mass is 10.1. The maximum absolute atomic E-state index is 12.3. The maximum Gasteiger partial charge on any atom is 0.272 e. The van der Waals surface area contributed by atoms with Crippen LogP contribution in [0, 0.1) is 13.8 Å². The van der Waals surface area contributed by atoms with Gasteiger partial charge in [0.25, 0.3) is 5.91 Å². The summed E-state index contributed by atoms with van der Waals surface area (Å²) in [5.74, 6) is -0.157. The van der Waals surface area contributed by atoms with Gasteiger partial charge in [0.2, 0.25) is 0 Å². The number of carbonyl (C=O) groups excluding carboxylic acids is 1. The molecule has 2 aromatic heterocycles. The number of H-pyrrole nitrogens is 1. The number of nitrogens with zero attached hydrogens (tertiary/aromatic N) is 1. The molecule has 0 saturated heterocycles. The summed E-state index contributed by atoms with van der Waals surface area (Å²) in [5.41, 5.74) is 5.21. The van der Waals surface area contributed by atoms with Crippen LogP contribution in [0.1, 0.15) is 21.6 Å². The van der Waals surface area contributed by atoms with Gasteiger partial charge in [-0.1, -0.05) is 17.7 Å². The van der Waals surface area contributed by atoms with E-state index in [1.807, 2.05) is 44.2 Å². The van der Waals surface area contributed by atoms with E-state index >= 15 is 0 Å². The molecule has 0 fully saturated rings. The molecule has 0 spiro atoms. The van der Waals surface area contributed by atoms with Gasteiger partial charge >= 0.3 is 0 Å². The Kier molecular flexibility index (Phi) is 2.99. The van der Waals surface area contributed by atoms with Gasteiger partial charge in [0.15, 0.2) is 0 Å². The SMILES string of the molecule is Cc1ccc(NC(=O)c2cc3ncccc3[nH]2)c(C)c1. The van der Waals surface area contributed by atoms with Gasteiger partial charge in [-0.15, -0.1) is 0 Å². The number of hydrogen-bond acceptors (Lipinski definition) is 2. The molecule has 4 nitrogen and oxygen atoms in total. The molecule has 4 heteroatoms. The Morgan fingerprint density at radius 3 is 2.80 bits per heavy atom. The molecule has 3 aromatic rings. The molecule has 0 radical (unpaired) electrons. The van der Waals surface area contributed by atoms with Gasteiger partial charge in [-0.2, -0.15) is 0 Å². The number of aromatic amines is 1. The zero-order valence-electron chi connectivity index (χ0n) is 11.4. The molecule has 0 unspecified atom stereocenters. The summed E-state index contributed by atoms with van der Waals surface area (Å²) in [4.78, 5) is 19.5. The minimum atomic E-state index is -0.157. The fourth-order valence-corrected chi connectivity index (χ4v) is 2.22. The van der Waals surface area contributed by atoms with E-state index in [4.69, 9.17) is 0 Å². The quantitative estimate of drug-likeness (QED) is 0.745. The third-order valence-electron chi connectivity index (χ3n) is 3.26. The van der Waals surface area contributed by atoms with Crippen molar-refractivity contribution < 1.29 is 4.79 Å². The number of fused-ring (bicyclic) bond motifs is 1. The van der Waals surface area contributed by atoms with E-state index in [-0.39, 0.29) is 5.91 Å². The normalized spacial score (nSPS) is 10.7. The summed E-state index contributed by atoms with van der Waals surface area (Å²) in [5, 5.41) is 2.92. The second kappa shape index (κ2) is 4.81. The zero-order valence-corrected chi connectivity index (χ0v) is 11.4. The van der Waals surface area contributed by atoms with Crippen molar-refractivity contribution in [1.29, 1.82) is 0 Å². The van der Waals surface area contributed by atoms with Crippen LogP contribution in [0.3, 0.4) is 0 Å². The standard InChI is InChI=1S/C16H15N3O/c1-10-5-6-12(11(2)8-10)19-16(20)15-9-14-13(18-15)4-3-7-17-14/h3-9,18H,1-2H3,(H,19,20). The number of anilines is 1. The smallest absolute Gasteiger partial charge is 0.272 e. The van der Waals surface area contributed by atoms with E-state index in [9.17, 15) is 4.79 Å². The number of nitrogens with one attached hydrogen (secondary N) is 2. The van der Waals surface area contributed by atoms with Crippen LogP contribution < -0.4 is 5.32 Å². The zero-order chi connectivity index (χ0) is 14.1. The molecule has 20 heavy (non-hydrogen) atoms. The summed E-state index contributed by atoms with van der Waals surface area (Å²) in [6.45, 7) is 4.01. The fourth-order valence-electron chi connectivity index (χ4n) is 2.22. The first kappa shape index (κ1) is 12.4. The van der Waals surface area contributed by atoms with Crippen LogP contribution in [-0.4, -0.2) is 15.9 Å². The van der Waals surface area contributed by atoms with Crippen molar-refractivity contribution in [2.24, 2.45) is 0 Å².